The third kappa shape index (κ3) is 3.67. The fourth-order valence-corrected chi connectivity index (χ4v) is 4.10. The highest BCUT2D eigenvalue weighted by molar-refractivity contribution is 5.18. The van der Waals surface area contributed by atoms with Gasteiger partial charge < -0.3 is 5.11 Å². The zero-order valence-corrected chi connectivity index (χ0v) is 13.9. The fourth-order valence-electron chi connectivity index (χ4n) is 4.10. The molecule has 0 unspecified atom stereocenters. The highest BCUT2D eigenvalue weighted by Crippen LogP contribution is 2.46. The van der Waals surface area contributed by atoms with Crippen LogP contribution in [0.25, 0.3) is 0 Å². The zero-order valence-electron chi connectivity index (χ0n) is 13.9. The predicted octanol–water partition coefficient (Wildman–Crippen LogP) is 5.62. The van der Waals surface area contributed by atoms with Gasteiger partial charge in [0.25, 0.3) is 0 Å². The van der Waals surface area contributed by atoms with Crippen molar-refractivity contribution in [3.8, 4) is 0 Å². The third-order valence-electron chi connectivity index (χ3n) is 6.22. The highest BCUT2D eigenvalue weighted by Gasteiger charge is 2.40. The molecule has 116 valence electrons. The van der Waals surface area contributed by atoms with Gasteiger partial charge >= 0.3 is 0 Å². The van der Waals surface area contributed by atoms with Crippen molar-refractivity contribution in [1.29, 1.82) is 0 Å². The first kappa shape index (κ1) is 16.1. The Morgan fingerprint density at radius 3 is 2.45 bits per heavy atom. The average Bonchev–Trinajstić information content (AvgIpc) is 2.38. The van der Waals surface area contributed by atoms with Gasteiger partial charge in [0, 0.05) is 0 Å². The highest BCUT2D eigenvalue weighted by atomic mass is 16.3. The van der Waals surface area contributed by atoms with Gasteiger partial charge in [0.1, 0.15) is 0 Å². The zero-order chi connectivity index (χ0) is 14.6. The molecule has 0 bridgehead atoms. The van der Waals surface area contributed by atoms with Crippen LogP contribution in [0.2, 0.25) is 0 Å². The Bertz CT molecular complexity index is 332. The van der Waals surface area contributed by atoms with Crippen molar-refractivity contribution < 1.29 is 5.11 Å². The van der Waals surface area contributed by atoms with E-state index in [2.05, 4.69) is 26.8 Å². The van der Waals surface area contributed by atoms with E-state index in [4.69, 9.17) is 0 Å². The van der Waals surface area contributed by atoms with Crippen molar-refractivity contribution in [2.45, 2.75) is 97.0 Å². The van der Waals surface area contributed by atoms with Gasteiger partial charge in [-0.2, -0.15) is 0 Å². The maximum atomic E-state index is 11.1. The predicted molar refractivity (Wildman–Crippen MR) is 86.8 cm³/mol. The van der Waals surface area contributed by atoms with Crippen LogP contribution in [0, 0.1) is 11.3 Å². The van der Waals surface area contributed by atoms with Crippen molar-refractivity contribution in [1.82, 2.24) is 0 Å². The lowest BCUT2D eigenvalue weighted by Crippen LogP contribution is -2.39. The van der Waals surface area contributed by atoms with Crippen LogP contribution < -0.4 is 0 Å². The molecule has 0 aromatic carbocycles. The van der Waals surface area contributed by atoms with Crippen LogP contribution in [0.1, 0.15) is 91.4 Å². The summed E-state index contributed by atoms with van der Waals surface area (Å²) in [5, 5.41) is 11.1. The van der Waals surface area contributed by atoms with Gasteiger partial charge in [-0.3, -0.25) is 0 Å². The van der Waals surface area contributed by atoms with E-state index >= 15 is 0 Å². The van der Waals surface area contributed by atoms with Crippen molar-refractivity contribution in [2.75, 3.05) is 0 Å². The van der Waals surface area contributed by atoms with Crippen LogP contribution in [-0.2, 0) is 0 Å². The smallest absolute Gasteiger partial charge is 0.0857 e. The van der Waals surface area contributed by atoms with E-state index < -0.39 is 5.60 Å². The van der Waals surface area contributed by atoms with E-state index in [1.807, 2.05) is 0 Å². The average molecular weight is 278 g/mol. The number of hydrogen-bond acceptors (Lipinski definition) is 1. The molecule has 1 heteroatoms. The summed E-state index contributed by atoms with van der Waals surface area (Å²) in [6.07, 6.45) is 15.6. The SMILES string of the molecule is CCC(C)(C)C1CCC(O)(C2=CCCCCCC2)CC1. The second-order valence-corrected chi connectivity index (χ2v) is 7.83. The molecule has 1 nitrogen and oxygen atoms in total. The first-order valence-corrected chi connectivity index (χ1v) is 8.90. The molecule has 0 spiro atoms. The summed E-state index contributed by atoms with van der Waals surface area (Å²) in [6.45, 7) is 7.10. The Morgan fingerprint density at radius 2 is 1.80 bits per heavy atom. The van der Waals surface area contributed by atoms with Crippen molar-refractivity contribution in [2.24, 2.45) is 11.3 Å². The molecule has 2 aliphatic carbocycles. The van der Waals surface area contributed by atoms with Gasteiger partial charge in [0.05, 0.1) is 5.60 Å². The van der Waals surface area contributed by atoms with Gasteiger partial charge in [-0.1, -0.05) is 46.1 Å². The van der Waals surface area contributed by atoms with E-state index in [0.717, 1.165) is 25.2 Å². The summed E-state index contributed by atoms with van der Waals surface area (Å²) in [4.78, 5) is 0. The van der Waals surface area contributed by atoms with Gasteiger partial charge in [-0.25, -0.2) is 0 Å². The second-order valence-electron chi connectivity index (χ2n) is 7.83. The Hall–Kier alpha value is -0.300. The number of rotatable bonds is 3. The molecule has 0 aromatic heterocycles. The summed E-state index contributed by atoms with van der Waals surface area (Å²) in [7, 11) is 0. The van der Waals surface area contributed by atoms with Crippen LogP contribution in [0.5, 0.6) is 0 Å². The third-order valence-corrected chi connectivity index (χ3v) is 6.22. The molecule has 2 rings (SSSR count). The summed E-state index contributed by atoms with van der Waals surface area (Å²) in [5.74, 6) is 0.793. The van der Waals surface area contributed by atoms with Crippen LogP contribution in [0.4, 0.5) is 0 Å². The van der Waals surface area contributed by atoms with Gasteiger partial charge in [-0.05, 0) is 68.3 Å². The number of aliphatic hydroxyl groups is 1. The topological polar surface area (TPSA) is 20.2 Å². The Labute approximate surface area is 125 Å². The lowest BCUT2D eigenvalue weighted by Gasteiger charge is -2.44. The van der Waals surface area contributed by atoms with Crippen molar-refractivity contribution in [3.05, 3.63) is 11.6 Å². The van der Waals surface area contributed by atoms with E-state index in [1.54, 1.807) is 0 Å². The largest absolute Gasteiger partial charge is 0.386 e. The van der Waals surface area contributed by atoms with E-state index in [9.17, 15) is 5.11 Å². The van der Waals surface area contributed by atoms with Crippen LogP contribution in [-0.4, -0.2) is 10.7 Å². The Kier molecular flexibility index (Phi) is 5.34. The van der Waals surface area contributed by atoms with Crippen LogP contribution in [0.3, 0.4) is 0 Å². The van der Waals surface area contributed by atoms with Crippen molar-refractivity contribution >= 4 is 0 Å². The standard InChI is InChI=1S/C19H34O/c1-4-18(2,3)16-12-14-19(20,15-13-16)17-10-8-6-5-7-9-11-17/h10,16,20H,4-9,11-15H2,1-3H3. The minimum atomic E-state index is -0.461. The van der Waals surface area contributed by atoms with Crippen LogP contribution >= 0.6 is 0 Å². The summed E-state index contributed by atoms with van der Waals surface area (Å²) in [5.41, 5.74) is 1.36. The minimum absolute atomic E-state index is 0.441. The monoisotopic (exact) mass is 278 g/mol. The van der Waals surface area contributed by atoms with Crippen molar-refractivity contribution in [3.63, 3.8) is 0 Å². The molecular weight excluding hydrogens is 244 g/mol. The van der Waals surface area contributed by atoms with E-state index in [1.165, 1.54) is 56.9 Å². The van der Waals surface area contributed by atoms with Gasteiger partial charge in [0.15, 0.2) is 0 Å². The molecule has 0 saturated heterocycles. The second kappa shape index (κ2) is 6.64. The van der Waals surface area contributed by atoms with E-state index in [0.29, 0.717) is 5.41 Å². The molecule has 0 aromatic rings. The van der Waals surface area contributed by atoms with Gasteiger partial charge in [-0.15, -0.1) is 0 Å². The molecule has 0 amide bonds. The minimum Gasteiger partial charge on any atom is -0.386 e. The first-order chi connectivity index (χ1) is 9.48. The molecule has 0 heterocycles. The fraction of sp³-hybridized carbons (Fsp3) is 0.895. The number of hydrogen-bond donors (Lipinski definition) is 1. The molecule has 1 fully saturated rings. The lowest BCUT2D eigenvalue weighted by atomic mass is 9.64. The maximum absolute atomic E-state index is 11.1. The summed E-state index contributed by atoms with van der Waals surface area (Å²) < 4.78 is 0. The Morgan fingerprint density at radius 1 is 1.15 bits per heavy atom. The molecule has 2 aliphatic rings. The molecule has 20 heavy (non-hydrogen) atoms. The molecule has 1 saturated carbocycles. The molecule has 1 N–H and O–H groups in total. The first-order valence-electron chi connectivity index (χ1n) is 8.90. The molecule has 0 aliphatic heterocycles. The quantitative estimate of drug-likeness (QED) is 0.664. The number of allylic oxidation sites excluding steroid dienone is 1. The summed E-state index contributed by atoms with van der Waals surface area (Å²) in [6, 6.07) is 0. The van der Waals surface area contributed by atoms with Gasteiger partial charge in [0.2, 0.25) is 0 Å². The summed E-state index contributed by atoms with van der Waals surface area (Å²) >= 11 is 0. The maximum Gasteiger partial charge on any atom is 0.0857 e. The molecule has 0 radical (unpaired) electrons. The molecule has 0 atom stereocenters. The normalized spacial score (nSPS) is 33.2. The lowest BCUT2D eigenvalue weighted by molar-refractivity contribution is -0.00265. The van der Waals surface area contributed by atoms with E-state index in [-0.39, 0.29) is 0 Å². The Balaban J connectivity index is 1.99. The van der Waals surface area contributed by atoms with Crippen LogP contribution in [0.15, 0.2) is 11.6 Å². The molecular formula is C19H34O.